The Bertz CT molecular complexity index is 1460. The number of aliphatic hydroxyl groups is 1. The fraction of sp³-hybridized carbons (Fsp3) is 0.125. The number of hydrogen-bond acceptors (Lipinski definition) is 5. The molecule has 33 heavy (non-hydrogen) atoms. The Morgan fingerprint density at radius 1 is 1.06 bits per heavy atom. The number of carboxylic acid groups (broad SMARTS) is 1. The van der Waals surface area contributed by atoms with E-state index in [0.717, 1.165) is 33.4 Å². The number of thiophene rings is 1. The van der Waals surface area contributed by atoms with Gasteiger partial charge in [0.2, 0.25) is 0 Å². The second kappa shape index (κ2) is 9.60. The lowest BCUT2D eigenvalue weighted by Gasteiger charge is -2.13. The molecule has 0 saturated carbocycles. The molecule has 168 valence electrons. The molecular weight excluding hydrogens is 460 g/mol. The average molecular weight is 481 g/mol. The first-order valence-corrected chi connectivity index (χ1v) is 12.3. The monoisotopic (exact) mass is 480 g/mol. The highest BCUT2D eigenvalue weighted by Crippen LogP contribution is 2.23. The number of hydrogen-bond donors (Lipinski definition) is 4. The lowest BCUT2D eigenvalue weighted by Crippen LogP contribution is -2.41. The minimum atomic E-state index is -4.05. The average Bonchev–Trinajstić information content (AvgIpc) is 3.45. The van der Waals surface area contributed by atoms with E-state index in [1.807, 2.05) is 24.3 Å². The summed E-state index contributed by atoms with van der Waals surface area (Å²) in [6, 6.07) is 16.2. The number of rotatable bonds is 7. The molecule has 0 fully saturated rings. The molecule has 0 spiro atoms. The number of aromatic amines is 1. The molecule has 0 aliphatic rings. The van der Waals surface area contributed by atoms with Gasteiger partial charge in [-0.3, -0.25) is 4.79 Å². The van der Waals surface area contributed by atoms with E-state index in [1.165, 1.54) is 6.07 Å². The standard InChI is InChI=1S/C24H20N2O5S2/c27-15-17-7-5-16(6-8-17)9-10-19-11-12-23(32-19)33(30,31)26-22(24(28)29)13-18-14-25-21-4-2-1-3-20(18)21/h1-8,11-12,14,22,25-27H,13,15H2,(H,28,29). The molecule has 9 heteroatoms. The molecule has 0 bridgehead atoms. The molecule has 0 radical (unpaired) electrons. The van der Waals surface area contributed by atoms with Gasteiger partial charge >= 0.3 is 5.97 Å². The lowest BCUT2D eigenvalue weighted by molar-refractivity contribution is -0.138. The molecule has 1 atom stereocenters. The number of para-hydroxylation sites is 1. The van der Waals surface area contributed by atoms with Crippen molar-refractivity contribution in [3.63, 3.8) is 0 Å². The first-order chi connectivity index (χ1) is 15.9. The molecule has 1 unspecified atom stereocenters. The van der Waals surface area contributed by atoms with Crippen LogP contribution in [0.2, 0.25) is 0 Å². The summed E-state index contributed by atoms with van der Waals surface area (Å²) in [4.78, 5) is 15.4. The van der Waals surface area contributed by atoms with E-state index in [9.17, 15) is 18.3 Å². The Balaban J connectivity index is 1.51. The lowest BCUT2D eigenvalue weighted by atomic mass is 10.1. The van der Waals surface area contributed by atoms with Crippen molar-refractivity contribution in [1.29, 1.82) is 0 Å². The van der Waals surface area contributed by atoms with Crippen LogP contribution < -0.4 is 4.72 Å². The largest absolute Gasteiger partial charge is 0.480 e. The molecular formula is C24H20N2O5S2. The molecule has 4 N–H and O–H groups in total. The maximum Gasteiger partial charge on any atom is 0.322 e. The van der Waals surface area contributed by atoms with Crippen LogP contribution in [0, 0.1) is 11.8 Å². The van der Waals surface area contributed by atoms with Crippen molar-refractivity contribution in [2.75, 3.05) is 0 Å². The molecule has 4 rings (SSSR count). The fourth-order valence-corrected chi connectivity index (χ4v) is 5.67. The van der Waals surface area contributed by atoms with E-state index in [2.05, 4.69) is 21.5 Å². The zero-order valence-electron chi connectivity index (χ0n) is 17.3. The molecule has 2 heterocycles. The van der Waals surface area contributed by atoms with Crippen LogP contribution in [0.3, 0.4) is 0 Å². The van der Waals surface area contributed by atoms with Crippen LogP contribution in [0.5, 0.6) is 0 Å². The van der Waals surface area contributed by atoms with Gasteiger partial charge in [-0.1, -0.05) is 42.2 Å². The maximum absolute atomic E-state index is 12.9. The van der Waals surface area contributed by atoms with Gasteiger partial charge in [0.15, 0.2) is 0 Å². The van der Waals surface area contributed by atoms with Gasteiger partial charge in [0.1, 0.15) is 10.3 Å². The minimum Gasteiger partial charge on any atom is -0.480 e. The summed E-state index contributed by atoms with van der Waals surface area (Å²) in [6.07, 6.45) is 1.70. The third-order valence-electron chi connectivity index (χ3n) is 5.01. The number of aliphatic hydroxyl groups excluding tert-OH is 1. The van der Waals surface area contributed by atoms with E-state index < -0.39 is 22.0 Å². The third-order valence-corrected chi connectivity index (χ3v) is 7.97. The van der Waals surface area contributed by atoms with Gasteiger partial charge in [0.25, 0.3) is 10.0 Å². The van der Waals surface area contributed by atoms with Crippen LogP contribution in [0.25, 0.3) is 10.9 Å². The topological polar surface area (TPSA) is 119 Å². The number of fused-ring (bicyclic) bond motifs is 1. The van der Waals surface area contributed by atoms with Gasteiger partial charge in [0, 0.05) is 29.1 Å². The second-order valence-electron chi connectivity index (χ2n) is 7.30. The zero-order chi connectivity index (χ0) is 23.4. The van der Waals surface area contributed by atoms with Crippen molar-refractivity contribution in [2.24, 2.45) is 0 Å². The van der Waals surface area contributed by atoms with Crippen LogP contribution in [0.1, 0.15) is 21.6 Å². The summed E-state index contributed by atoms with van der Waals surface area (Å²) in [5.41, 5.74) is 3.07. The summed E-state index contributed by atoms with van der Waals surface area (Å²) in [7, 11) is -4.05. The Hall–Kier alpha value is -3.42. The van der Waals surface area contributed by atoms with Crippen LogP contribution in [0.15, 0.2) is 71.1 Å². The molecule has 2 aromatic carbocycles. The molecule has 0 saturated heterocycles. The minimum absolute atomic E-state index is 0.000446. The highest BCUT2D eigenvalue weighted by atomic mass is 32.2. The van der Waals surface area contributed by atoms with Crippen molar-refractivity contribution in [3.05, 3.63) is 88.4 Å². The normalized spacial score (nSPS) is 12.3. The van der Waals surface area contributed by atoms with Crippen LogP contribution >= 0.6 is 11.3 Å². The summed E-state index contributed by atoms with van der Waals surface area (Å²) in [5, 5.41) is 19.6. The van der Waals surface area contributed by atoms with Gasteiger partial charge in [-0.05, 0) is 41.5 Å². The molecule has 0 aliphatic carbocycles. The summed E-state index contributed by atoms with van der Waals surface area (Å²) < 4.78 is 28.0. The predicted octanol–water partition coefficient (Wildman–Crippen LogP) is 3.10. The van der Waals surface area contributed by atoms with E-state index in [1.54, 1.807) is 36.5 Å². The number of aliphatic carboxylic acids is 1. The summed E-state index contributed by atoms with van der Waals surface area (Å²) >= 11 is 0.968. The Morgan fingerprint density at radius 3 is 2.55 bits per heavy atom. The van der Waals surface area contributed by atoms with Crippen LogP contribution in [0.4, 0.5) is 0 Å². The summed E-state index contributed by atoms with van der Waals surface area (Å²) in [5.74, 6) is 4.61. The Kier molecular flexibility index (Phi) is 6.62. The van der Waals surface area contributed by atoms with Crippen LogP contribution in [-0.2, 0) is 27.8 Å². The number of carboxylic acids is 1. The van der Waals surface area contributed by atoms with Crippen molar-refractivity contribution in [2.45, 2.75) is 23.3 Å². The van der Waals surface area contributed by atoms with Gasteiger partial charge in [-0.15, -0.1) is 11.3 Å². The SMILES string of the molecule is O=C(O)C(Cc1c[nH]c2ccccc12)NS(=O)(=O)c1ccc(C#Cc2ccc(CO)cc2)s1. The smallest absolute Gasteiger partial charge is 0.322 e. The molecule has 0 amide bonds. The van der Waals surface area contributed by atoms with Crippen molar-refractivity contribution in [3.8, 4) is 11.8 Å². The highest BCUT2D eigenvalue weighted by molar-refractivity contribution is 7.91. The maximum atomic E-state index is 12.9. The van der Waals surface area contributed by atoms with Crippen molar-refractivity contribution >= 4 is 38.2 Å². The Morgan fingerprint density at radius 2 is 1.82 bits per heavy atom. The number of carbonyl (C=O) groups is 1. The van der Waals surface area contributed by atoms with Gasteiger partial charge < -0.3 is 15.2 Å². The third kappa shape index (κ3) is 5.32. The number of benzene rings is 2. The zero-order valence-corrected chi connectivity index (χ0v) is 18.9. The Labute approximate surface area is 194 Å². The van der Waals surface area contributed by atoms with E-state index in [0.29, 0.717) is 10.4 Å². The summed E-state index contributed by atoms with van der Waals surface area (Å²) in [6.45, 7) is -0.0511. The highest BCUT2D eigenvalue weighted by Gasteiger charge is 2.27. The van der Waals surface area contributed by atoms with E-state index in [-0.39, 0.29) is 17.2 Å². The molecule has 2 aromatic heterocycles. The molecule has 7 nitrogen and oxygen atoms in total. The first-order valence-electron chi connectivity index (χ1n) is 9.97. The van der Waals surface area contributed by atoms with E-state index >= 15 is 0 Å². The molecule has 0 aliphatic heterocycles. The fourth-order valence-electron chi connectivity index (χ4n) is 3.30. The van der Waals surface area contributed by atoms with Gasteiger partial charge in [0.05, 0.1) is 11.5 Å². The van der Waals surface area contributed by atoms with Gasteiger partial charge in [-0.25, -0.2) is 8.42 Å². The first kappa shape index (κ1) is 22.8. The van der Waals surface area contributed by atoms with Crippen molar-refractivity contribution < 1.29 is 23.4 Å². The number of aromatic nitrogens is 1. The van der Waals surface area contributed by atoms with Gasteiger partial charge in [-0.2, -0.15) is 4.72 Å². The number of sulfonamides is 1. The second-order valence-corrected chi connectivity index (χ2v) is 10.3. The number of H-pyrrole nitrogens is 1. The predicted molar refractivity (Wildman–Crippen MR) is 126 cm³/mol. The molecule has 4 aromatic rings. The van der Waals surface area contributed by atoms with Crippen molar-refractivity contribution in [1.82, 2.24) is 9.71 Å². The quantitative estimate of drug-likeness (QED) is 0.303. The van der Waals surface area contributed by atoms with E-state index in [4.69, 9.17) is 5.11 Å². The van der Waals surface area contributed by atoms with Crippen LogP contribution in [-0.4, -0.2) is 35.6 Å². The number of nitrogens with one attached hydrogen (secondary N) is 2.